The first kappa shape index (κ1) is 17.6. The van der Waals surface area contributed by atoms with Crippen molar-refractivity contribution in [3.8, 4) is 0 Å². The summed E-state index contributed by atoms with van der Waals surface area (Å²) < 4.78 is 0. The highest BCUT2D eigenvalue weighted by Gasteiger charge is 2.07. The van der Waals surface area contributed by atoms with Crippen LogP contribution in [0.15, 0.2) is 60.7 Å². The lowest BCUT2D eigenvalue weighted by Crippen LogP contribution is -2.18. The van der Waals surface area contributed by atoms with Crippen molar-refractivity contribution in [3.63, 3.8) is 0 Å². The largest absolute Gasteiger partial charge is 0.341 e. The number of nitrogens with zero attached hydrogens (tertiary/aromatic N) is 1. The zero-order chi connectivity index (χ0) is 16.2. The summed E-state index contributed by atoms with van der Waals surface area (Å²) in [6, 6.07) is 21.5. The summed E-state index contributed by atoms with van der Waals surface area (Å²) >= 11 is 0. The van der Waals surface area contributed by atoms with Gasteiger partial charge in [-0.05, 0) is 30.7 Å². The summed E-state index contributed by atoms with van der Waals surface area (Å²) in [7, 11) is 0. The Labute approximate surface area is 142 Å². The Bertz CT molecular complexity index is 467. The Kier molecular flexibility index (Phi) is 8.32. The molecule has 0 atom stereocenters. The van der Waals surface area contributed by atoms with Crippen LogP contribution in [0.25, 0.3) is 0 Å². The van der Waals surface area contributed by atoms with Crippen molar-refractivity contribution in [1.82, 2.24) is 0 Å². The highest BCUT2D eigenvalue weighted by molar-refractivity contribution is 5.62. The second-order valence-corrected chi connectivity index (χ2v) is 6.30. The molecule has 0 radical (unpaired) electrons. The maximum Gasteiger partial charge on any atom is 0.0410 e. The van der Waals surface area contributed by atoms with Gasteiger partial charge in [0.25, 0.3) is 0 Å². The van der Waals surface area contributed by atoms with Crippen LogP contribution >= 0.6 is 0 Å². The van der Waals surface area contributed by atoms with Gasteiger partial charge in [0.2, 0.25) is 0 Å². The third-order valence-electron chi connectivity index (χ3n) is 4.37. The van der Waals surface area contributed by atoms with E-state index < -0.39 is 0 Å². The first-order valence-corrected chi connectivity index (χ1v) is 9.29. The van der Waals surface area contributed by atoms with E-state index in [-0.39, 0.29) is 0 Å². The monoisotopic (exact) mass is 309 g/mol. The fourth-order valence-corrected chi connectivity index (χ4v) is 3.03. The average molecular weight is 309 g/mol. The summed E-state index contributed by atoms with van der Waals surface area (Å²) in [5.74, 6) is 0. The van der Waals surface area contributed by atoms with Gasteiger partial charge in [-0.3, -0.25) is 0 Å². The van der Waals surface area contributed by atoms with E-state index >= 15 is 0 Å². The second-order valence-electron chi connectivity index (χ2n) is 6.30. The summed E-state index contributed by atoms with van der Waals surface area (Å²) in [6.45, 7) is 3.38. The van der Waals surface area contributed by atoms with E-state index in [4.69, 9.17) is 0 Å². The Morgan fingerprint density at radius 2 is 1.00 bits per heavy atom. The zero-order valence-electron chi connectivity index (χ0n) is 14.6. The zero-order valence-corrected chi connectivity index (χ0v) is 14.6. The molecule has 0 aliphatic rings. The molecule has 0 fully saturated rings. The van der Waals surface area contributed by atoms with Gasteiger partial charge in [-0.15, -0.1) is 0 Å². The van der Waals surface area contributed by atoms with Gasteiger partial charge >= 0.3 is 0 Å². The molecule has 0 unspecified atom stereocenters. The molecule has 1 heteroatoms. The first-order chi connectivity index (χ1) is 11.4. The van der Waals surface area contributed by atoms with Crippen molar-refractivity contribution in [2.45, 2.75) is 58.3 Å². The van der Waals surface area contributed by atoms with Crippen molar-refractivity contribution in [2.24, 2.45) is 0 Å². The number of anilines is 2. The Balaban J connectivity index is 1.80. The van der Waals surface area contributed by atoms with Crippen LogP contribution in [0, 0.1) is 0 Å². The maximum atomic E-state index is 2.44. The van der Waals surface area contributed by atoms with Crippen LogP contribution in [0.1, 0.15) is 58.3 Å². The van der Waals surface area contributed by atoms with Crippen LogP contribution < -0.4 is 4.90 Å². The van der Waals surface area contributed by atoms with E-state index in [1.807, 2.05) is 0 Å². The van der Waals surface area contributed by atoms with Crippen molar-refractivity contribution in [1.29, 1.82) is 0 Å². The molecule has 0 saturated heterocycles. The minimum absolute atomic E-state index is 1.10. The molecule has 0 aromatic heterocycles. The minimum atomic E-state index is 1.10. The lowest BCUT2D eigenvalue weighted by atomic mass is 10.1. The lowest BCUT2D eigenvalue weighted by Gasteiger charge is -2.25. The highest BCUT2D eigenvalue weighted by atomic mass is 15.1. The van der Waals surface area contributed by atoms with Gasteiger partial charge in [-0.1, -0.05) is 88.3 Å². The predicted octanol–water partition coefficient (Wildman–Crippen LogP) is 6.97. The Morgan fingerprint density at radius 3 is 1.48 bits per heavy atom. The third kappa shape index (κ3) is 6.48. The van der Waals surface area contributed by atoms with Gasteiger partial charge in [0, 0.05) is 17.9 Å². The average Bonchev–Trinajstić information content (AvgIpc) is 2.62. The molecule has 0 bridgehead atoms. The summed E-state index contributed by atoms with van der Waals surface area (Å²) in [5.41, 5.74) is 2.59. The molecule has 0 spiro atoms. The topological polar surface area (TPSA) is 3.24 Å². The summed E-state index contributed by atoms with van der Waals surface area (Å²) in [4.78, 5) is 2.44. The van der Waals surface area contributed by atoms with Crippen molar-refractivity contribution in [2.75, 3.05) is 11.4 Å². The normalized spacial score (nSPS) is 10.7. The van der Waals surface area contributed by atoms with Crippen LogP contribution in [0.3, 0.4) is 0 Å². The molecule has 0 aliphatic carbocycles. The van der Waals surface area contributed by atoms with E-state index in [1.165, 1.54) is 62.7 Å². The van der Waals surface area contributed by atoms with E-state index in [1.54, 1.807) is 0 Å². The number of rotatable bonds is 11. The van der Waals surface area contributed by atoms with Crippen LogP contribution in [0.5, 0.6) is 0 Å². The van der Waals surface area contributed by atoms with Crippen molar-refractivity contribution >= 4 is 11.4 Å². The quantitative estimate of drug-likeness (QED) is 0.405. The van der Waals surface area contributed by atoms with Crippen LogP contribution in [-0.2, 0) is 0 Å². The van der Waals surface area contributed by atoms with Crippen molar-refractivity contribution < 1.29 is 0 Å². The molecule has 0 aliphatic heterocycles. The number of hydrogen-bond acceptors (Lipinski definition) is 1. The molecule has 0 heterocycles. The molecular formula is C22H31N. The molecule has 2 aromatic carbocycles. The number of unbranched alkanes of at least 4 members (excludes halogenated alkanes) is 7. The third-order valence-corrected chi connectivity index (χ3v) is 4.37. The molecule has 2 aromatic rings. The van der Waals surface area contributed by atoms with Gasteiger partial charge in [0.05, 0.1) is 0 Å². The van der Waals surface area contributed by atoms with E-state index in [9.17, 15) is 0 Å². The first-order valence-electron chi connectivity index (χ1n) is 9.29. The minimum Gasteiger partial charge on any atom is -0.341 e. The molecule has 0 N–H and O–H groups in total. The van der Waals surface area contributed by atoms with Gasteiger partial charge in [-0.25, -0.2) is 0 Å². The van der Waals surface area contributed by atoms with Crippen LogP contribution in [-0.4, -0.2) is 6.54 Å². The highest BCUT2D eigenvalue weighted by Crippen LogP contribution is 2.25. The molecule has 1 nitrogen and oxygen atoms in total. The Hall–Kier alpha value is -1.76. The summed E-state index contributed by atoms with van der Waals surface area (Å²) in [6.07, 6.45) is 10.9. The molecule has 0 amide bonds. The maximum absolute atomic E-state index is 2.44. The van der Waals surface area contributed by atoms with Gasteiger partial charge in [-0.2, -0.15) is 0 Å². The van der Waals surface area contributed by atoms with Gasteiger partial charge in [0.15, 0.2) is 0 Å². The molecule has 124 valence electrons. The van der Waals surface area contributed by atoms with Crippen LogP contribution in [0.4, 0.5) is 11.4 Å². The fourth-order valence-electron chi connectivity index (χ4n) is 3.03. The lowest BCUT2D eigenvalue weighted by molar-refractivity contribution is 0.577. The SMILES string of the molecule is CCCCCCCCCCN(c1ccccc1)c1ccccc1. The van der Waals surface area contributed by atoms with Crippen molar-refractivity contribution in [3.05, 3.63) is 60.7 Å². The van der Waals surface area contributed by atoms with Crippen LogP contribution in [0.2, 0.25) is 0 Å². The summed E-state index contributed by atoms with van der Waals surface area (Å²) in [5, 5.41) is 0. The van der Waals surface area contributed by atoms with E-state index in [0.717, 1.165) is 6.54 Å². The molecule has 2 rings (SSSR count). The Morgan fingerprint density at radius 1 is 0.565 bits per heavy atom. The molecular weight excluding hydrogens is 278 g/mol. The smallest absolute Gasteiger partial charge is 0.0410 e. The fraction of sp³-hybridized carbons (Fsp3) is 0.455. The molecule has 0 saturated carbocycles. The van der Waals surface area contributed by atoms with E-state index in [0.29, 0.717) is 0 Å². The number of para-hydroxylation sites is 2. The van der Waals surface area contributed by atoms with E-state index in [2.05, 4.69) is 72.5 Å². The standard InChI is InChI=1S/C22H31N/c1-2-3-4-5-6-7-8-15-20-23(21-16-11-9-12-17-21)22-18-13-10-14-19-22/h9-14,16-19H,2-8,15,20H2,1H3. The second kappa shape index (κ2) is 10.9. The predicted molar refractivity (Wildman–Crippen MR) is 103 cm³/mol. The molecule has 23 heavy (non-hydrogen) atoms. The number of benzene rings is 2. The van der Waals surface area contributed by atoms with Gasteiger partial charge in [0.1, 0.15) is 0 Å². The number of hydrogen-bond donors (Lipinski definition) is 0. The van der Waals surface area contributed by atoms with Gasteiger partial charge < -0.3 is 4.90 Å².